The first-order valence-corrected chi connectivity index (χ1v) is 5.15. The minimum Gasteiger partial charge on any atom is -0.393 e. The molecule has 0 aliphatic heterocycles. The summed E-state index contributed by atoms with van der Waals surface area (Å²) in [7, 11) is 0. The van der Waals surface area contributed by atoms with Crippen LogP contribution in [0, 0.1) is 0 Å². The molecule has 0 unspecified atom stereocenters. The zero-order valence-corrected chi connectivity index (χ0v) is 8.56. The van der Waals surface area contributed by atoms with E-state index in [4.69, 9.17) is 0 Å². The van der Waals surface area contributed by atoms with E-state index in [9.17, 15) is 10.2 Å². The van der Waals surface area contributed by atoms with Gasteiger partial charge in [0.25, 0.3) is 0 Å². The highest BCUT2D eigenvalue weighted by molar-refractivity contribution is 5.17. The van der Waals surface area contributed by atoms with E-state index < -0.39 is 12.2 Å². The maximum absolute atomic E-state index is 9.76. The fraction of sp³-hybridized carbons (Fsp3) is 0.500. The van der Waals surface area contributed by atoms with Crippen LogP contribution in [0.1, 0.15) is 37.9 Å². The van der Waals surface area contributed by atoms with Crippen molar-refractivity contribution in [2.75, 3.05) is 0 Å². The van der Waals surface area contributed by atoms with E-state index in [0.29, 0.717) is 6.42 Å². The molecule has 0 aliphatic carbocycles. The highest BCUT2D eigenvalue weighted by Crippen LogP contribution is 2.19. The predicted molar refractivity (Wildman–Crippen MR) is 56.9 cm³/mol. The Hall–Kier alpha value is -0.860. The lowest BCUT2D eigenvalue weighted by atomic mass is 10.0. The second kappa shape index (κ2) is 5.78. The topological polar surface area (TPSA) is 40.5 Å². The van der Waals surface area contributed by atoms with E-state index in [-0.39, 0.29) is 0 Å². The van der Waals surface area contributed by atoms with E-state index in [1.807, 2.05) is 37.3 Å². The Labute approximate surface area is 85.2 Å². The third-order valence-corrected chi connectivity index (χ3v) is 2.30. The van der Waals surface area contributed by atoms with Gasteiger partial charge in [-0.2, -0.15) is 0 Å². The Morgan fingerprint density at radius 3 is 2.36 bits per heavy atom. The first-order valence-electron chi connectivity index (χ1n) is 5.15. The number of rotatable bonds is 5. The van der Waals surface area contributed by atoms with Crippen LogP contribution >= 0.6 is 0 Å². The summed E-state index contributed by atoms with van der Waals surface area (Å²) < 4.78 is 0. The van der Waals surface area contributed by atoms with Crippen LogP contribution in [-0.2, 0) is 0 Å². The lowest BCUT2D eigenvalue weighted by molar-refractivity contribution is 0.0751. The van der Waals surface area contributed by atoms with Gasteiger partial charge in [0.15, 0.2) is 0 Å². The van der Waals surface area contributed by atoms with Gasteiger partial charge < -0.3 is 10.2 Å². The maximum Gasteiger partial charge on any atom is 0.0814 e. The summed E-state index contributed by atoms with van der Waals surface area (Å²) in [5.74, 6) is 0. The second-order valence-corrected chi connectivity index (χ2v) is 3.60. The molecule has 0 spiro atoms. The number of hydrogen-bond donors (Lipinski definition) is 2. The van der Waals surface area contributed by atoms with Gasteiger partial charge in [0.1, 0.15) is 0 Å². The summed E-state index contributed by atoms with van der Waals surface area (Å²) in [6.45, 7) is 2.03. The van der Waals surface area contributed by atoms with Crippen molar-refractivity contribution in [3.63, 3.8) is 0 Å². The van der Waals surface area contributed by atoms with Crippen LogP contribution in [0.4, 0.5) is 0 Å². The van der Waals surface area contributed by atoms with Gasteiger partial charge in [-0.1, -0.05) is 43.7 Å². The lowest BCUT2D eigenvalue weighted by Gasteiger charge is -2.15. The van der Waals surface area contributed by atoms with Gasteiger partial charge in [0.2, 0.25) is 0 Å². The molecule has 1 aromatic rings. The van der Waals surface area contributed by atoms with Crippen LogP contribution in [-0.4, -0.2) is 16.3 Å². The Morgan fingerprint density at radius 2 is 1.79 bits per heavy atom. The molecule has 0 aliphatic rings. The molecule has 0 radical (unpaired) electrons. The summed E-state index contributed by atoms with van der Waals surface area (Å²) in [5.41, 5.74) is 0.877. The predicted octanol–water partition coefficient (Wildman–Crippen LogP) is 2.27. The monoisotopic (exact) mass is 194 g/mol. The summed E-state index contributed by atoms with van der Waals surface area (Å²) in [6, 6.07) is 9.46. The summed E-state index contributed by atoms with van der Waals surface area (Å²) >= 11 is 0. The van der Waals surface area contributed by atoms with Crippen LogP contribution in [0.3, 0.4) is 0 Å². The van der Waals surface area contributed by atoms with Gasteiger partial charge in [0, 0.05) is 6.42 Å². The molecule has 0 saturated heterocycles. The molecule has 2 N–H and O–H groups in total. The van der Waals surface area contributed by atoms with Gasteiger partial charge in [-0.05, 0) is 12.0 Å². The Balaban J connectivity index is 2.46. The molecule has 2 nitrogen and oxygen atoms in total. The molecule has 0 aromatic heterocycles. The molecule has 0 heterocycles. The van der Waals surface area contributed by atoms with E-state index in [2.05, 4.69) is 0 Å². The average molecular weight is 194 g/mol. The molecule has 0 saturated carbocycles. The van der Waals surface area contributed by atoms with Crippen molar-refractivity contribution >= 4 is 0 Å². The number of benzene rings is 1. The van der Waals surface area contributed by atoms with Gasteiger partial charge in [-0.25, -0.2) is 0 Å². The van der Waals surface area contributed by atoms with E-state index in [1.54, 1.807) is 0 Å². The number of hydrogen-bond acceptors (Lipinski definition) is 2. The first kappa shape index (κ1) is 11.2. The van der Waals surface area contributed by atoms with Crippen molar-refractivity contribution in [3.8, 4) is 0 Å². The van der Waals surface area contributed by atoms with Gasteiger partial charge in [0.05, 0.1) is 12.2 Å². The smallest absolute Gasteiger partial charge is 0.0814 e. The molecule has 0 fully saturated rings. The zero-order valence-electron chi connectivity index (χ0n) is 8.56. The summed E-state index contributed by atoms with van der Waals surface area (Å²) in [4.78, 5) is 0. The van der Waals surface area contributed by atoms with Crippen molar-refractivity contribution in [1.29, 1.82) is 0 Å². The number of aliphatic hydroxyl groups is 2. The van der Waals surface area contributed by atoms with Crippen molar-refractivity contribution in [3.05, 3.63) is 35.9 Å². The average Bonchev–Trinajstić information content (AvgIpc) is 2.19. The normalized spacial score (nSPS) is 15.1. The molecule has 1 aromatic carbocycles. The molecular formula is C12H18O2. The van der Waals surface area contributed by atoms with Crippen molar-refractivity contribution in [1.82, 2.24) is 0 Å². The van der Waals surface area contributed by atoms with Crippen LogP contribution < -0.4 is 0 Å². The van der Waals surface area contributed by atoms with Crippen LogP contribution in [0.2, 0.25) is 0 Å². The quantitative estimate of drug-likeness (QED) is 0.755. The van der Waals surface area contributed by atoms with Gasteiger partial charge in [-0.15, -0.1) is 0 Å². The molecule has 2 atom stereocenters. The summed E-state index contributed by atoms with van der Waals surface area (Å²) in [5, 5.41) is 19.3. The van der Waals surface area contributed by atoms with Crippen molar-refractivity contribution in [2.24, 2.45) is 0 Å². The zero-order chi connectivity index (χ0) is 10.4. The minimum atomic E-state index is -0.544. The molecule has 0 amide bonds. The minimum absolute atomic E-state index is 0.393. The molecule has 1 rings (SSSR count). The van der Waals surface area contributed by atoms with E-state index in [1.165, 1.54) is 0 Å². The van der Waals surface area contributed by atoms with Gasteiger partial charge in [-0.3, -0.25) is 0 Å². The highest BCUT2D eigenvalue weighted by Gasteiger charge is 2.12. The van der Waals surface area contributed by atoms with Crippen LogP contribution in [0.5, 0.6) is 0 Å². The van der Waals surface area contributed by atoms with Crippen LogP contribution in [0.15, 0.2) is 30.3 Å². The Bertz CT molecular complexity index is 246. The second-order valence-electron chi connectivity index (χ2n) is 3.60. The van der Waals surface area contributed by atoms with Crippen molar-refractivity contribution < 1.29 is 10.2 Å². The molecule has 78 valence electrons. The highest BCUT2D eigenvalue weighted by atomic mass is 16.3. The SMILES string of the molecule is CCC[C@@H](O)C[C@@H](O)c1ccccc1. The van der Waals surface area contributed by atoms with Gasteiger partial charge >= 0.3 is 0 Å². The standard InChI is InChI=1S/C12H18O2/c1-2-6-11(13)9-12(14)10-7-4-3-5-8-10/h3-5,7-8,11-14H,2,6,9H2,1H3/t11-,12-/m1/s1. The fourth-order valence-electron chi connectivity index (χ4n) is 1.52. The van der Waals surface area contributed by atoms with E-state index >= 15 is 0 Å². The van der Waals surface area contributed by atoms with Crippen LogP contribution in [0.25, 0.3) is 0 Å². The third-order valence-electron chi connectivity index (χ3n) is 2.30. The molecule has 2 heteroatoms. The number of aliphatic hydroxyl groups excluding tert-OH is 2. The molecular weight excluding hydrogens is 176 g/mol. The Kier molecular flexibility index (Phi) is 4.63. The molecule has 0 bridgehead atoms. The third kappa shape index (κ3) is 3.48. The largest absolute Gasteiger partial charge is 0.393 e. The lowest BCUT2D eigenvalue weighted by Crippen LogP contribution is -2.11. The van der Waals surface area contributed by atoms with Crippen molar-refractivity contribution in [2.45, 2.75) is 38.4 Å². The molecule has 14 heavy (non-hydrogen) atoms. The fourth-order valence-corrected chi connectivity index (χ4v) is 1.52. The van der Waals surface area contributed by atoms with E-state index in [0.717, 1.165) is 18.4 Å². The Morgan fingerprint density at radius 1 is 1.14 bits per heavy atom. The maximum atomic E-state index is 9.76. The summed E-state index contributed by atoms with van der Waals surface area (Å²) in [6.07, 6.45) is 1.19. The first-order chi connectivity index (χ1) is 6.74.